The maximum absolute atomic E-state index is 11.4. The Hall–Kier alpha value is -2.07. The molecule has 0 aromatic heterocycles. The highest BCUT2D eigenvalue weighted by atomic mass is 16.4. The fourth-order valence-electron chi connectivity index (χ4n) is 1.39. The van der Waals surface area contributed by atoms with Crippen LogP contribution in [0.15, 0.2) is 0 Å². The molecule has 1 unspecified atom stereocenters. The van der Waals surface area contributed by atoms with Gasteiger partial charge >= 0.3 is 5.97 Å². The van der Waals surface area contributed by atoms with Gasteiger partial charge in [0.15, 0.2) is 0 Å². The fraction of sp³-hybridized carbons (Fsp3) is 0.615. The van der Waals surface area contributed by atoms with Crippen molar-refractivity contribution in [1.29, 1.82) is 0 Å². The van der Waals surface area contributed by atoms with Crippen LogP contribution in [0.25, 0.3) is 0 Å². The van der Waals surface area contributed by atoms with Crippen LogP contribution in [0.3, 0.4) is 0 Å². The van der Waals surface area contributed by atoms with Gasteiger partial charge in [-0.15, -0.1) is 6.42 Å². The molecule has 2 amide bonds. The molecule has 20 heavy (non-hydrogen) atoms. The fourth-order valence-corrected chi connectivity index (χ4v) is 1.39. The van der Waals surface area contributed by atoms with Crippen molar-refractivity contribution in [1.82, 2.24) is 10.6 Å². The number of carbonyl (C=O) groups excluding carboxylic acids is 2. The number of nitrogens with two attached hydrogens (primary N) is 1. The number of nitrogens with one attached hydrogen (secondary N) is 2. The lowest BCUT2D eigenvalue weighted by Crippen LogP contribution is -2.30. The molecule has 0 saturated heterocycles. The molecule has 0 rings (SSSR count). The molecule has 0 aromatic carbocycles. The van der Waals surface area contributed by atoms with Gasteiger partial charge in [-0.1, -0.05) is 5.92 Å². The molecule has 7 nitrogen and oxygen atoms in total. The van der Waals surface area contributed by atoms with E-state index >= 15 is 0 Å². The SMILES string of the molecule is C#CCNC(=O)CCC(=O)NCCCCC(N)C(=O)O. The van der Waals surface area contributed by atoms with Gasteiger partial charge in [-0.2, -0.15) is 0 Å². The maximum atomic E-state index is 11.4. The van der Waals surface area contributed by atoms with Crippen LogP contribution < -0.4 is 16.4 Å². The van der Waals surface area contributed by atoms with Crippen molar-refractivity contribution in [3.8, 4) is 12.3 Å². The lowest BCUT2D eigenvalue weighted by molar-refractivity contribution is -0.138. The Morgan fingerprint density at radius 2 is 1.75 bits per heavy atom. The molecule has 0 aliphatic carbocycles. The molecular formula is C13H21N3O4. The number of rotatable bonds is 10. The molecule has 0 radical (unpaired) electrons. The summed E-state index contributed by atoms with van der Waals surface area (Å²) in [6, 6.07) is -0.856. The number of carboxylic acids is 1. The zero-order valence-corrected chi connectivity index (χ0v) is 11.4. The molecule has 0 fully saturated rings. The van der Waals surface area contributed by atoms with Crippen molar-refractivity contribution >= 4 is 17.8 Å². The first kappa shape index (κ1) is 17.9. The monoisotopic (exact) mass is 283 g/mol. The van der Waals surface area contributed by atoms with Crippen molar-refractivity contribution in [2.75, 3.05) is 13.1 Å². The Morgan fingerprint density at radius 3 is 2.30 bits per heavy atom. The van der Waals surface area contributed by atoms with Crippen LogP contribution in [0.1, 0.15) is 32.1 Å². The summed E-state index contributed by atoms with van der Waals surface area (Å²) in [7, 11) is 0. The van der Waals surface area contributed by atoms with E-state index < -0.39 is 12.0 Å². The first-order chi connectivity index (χ1) is 9.47. The van der Waals surface area contributed by atoms with Gasteiger partial charge in [-0.05, 0) is 19.3 Å². The molecule has 1 atom stereocenters. The van der Waals surface area contributed by atoms with E-state index in [9.17, 15) is 14.4 Å². The summed E-state index contributed by atoms with van der Waals surface area (Å²) in [5.41, 5.74) is 5.33. The van der Waals surface area contributed by atoms with Gasteiger partial charge in [0.2, 0.25) is 11.8 Å². The maximum Gasteiger partial charge on any atom is 0.320 e. The predicted molar refractivity (Wildman–Crippen MR) is 73.5 cm³/mol. The minimum atomic E-state index is -1.02. The van der Waals surface area contributed by atoms with Gasteiger partial charge in [0.1, 0.15) is 6.04 Å². The summed E-state index contributed by atoms with van der Waals surface area (Å²) in [6.45, 7) is 0.599. The Balaban J connectivity index is 3.52. The highest BCUT2D eigenvalue weighted by Crippen LogP contribution is 1.98. The summed E-state index contributed by atoms with van der Waals surface area (Å²) in [4.78, 5) is 33.0. The van der Waals surface area contributed by atoms with Gasteiger partial charge in [-0.25, -0.2) is 0 Å². The number of hydrogen-bond acceptors (Lipinski definition) is 4. The van der Waals surface area contributed by atoms with E-state index in [1.54, 1.807) is 0 Å². The van der Waals surface area contributed by atoms with Crippen LogP contribution in [-0.2, 0) is 14.4 Å². The molecule has 0 aliphatic rings. The number of carboxylic acid groups (broad SMARTS) is 1. The van der Waals surface area contributed by atoms with Gasteiger partial charge in [0.25, 0.3) is 0 Å². The topological polar surface area (TPSA) is 122 Å². The van der Waals surface area contributed by atoms with Gasteiger partial charge in [0, 0.05) is 19.4 Å². The number of hydrogen-bond donors (Lipinski definition) is 4. The molecule has 0 spiro atoms. The second-order valence-corrected chi connectivity index (χ2v) is 4.27. The number of carbonyl (C=O) groups is 3. The van der Waals surface area contributed by atoms with Crippen molar-refractivity contribution in [2.24, 2.45) is 5.73 Å². The van der Waals surface area contributed by atoms with Crippen LogP contribution in [0, 0.1) is 12.3 Å². The Morgan fingerprint density at radius 1 is 1.15 bits per heavy atom. The largest absolute Gasteiger partial charge is 0.480 e. The van der Waals surface area contributed by atoms with Crippen LogP contribution in [0.5, 0.6) is 0 Å². The standard InChI is InChI=1S/C13H21N3O4/c1-2-8-15-11(17)6-7-12(18)16-9-4-3-5-10(14)13(19)20/h1,10H,3-9,14H2,(H,15,17)(H,16,18)(H,19,20). The minimum Gasteiger partial charge on any atom is -0.480 e. The summed E-state index contributed by atoms with van der Waals surface area (Å²) < 4.78 is 0. The number of amides is 2. The third-order valence-electron chi connectivity index (χ3n) is 2.55. The molecule has 5 N–H and O–H groups in total. The number of terminal acetylenes is 1. The minimum absolute atomic E-state index is 0.0946. The van der Waals surface area contributed by atoms with Crippen LogP contribution in [-0.4, -0.2) is 42.0 Å². The highest BCUT2D eigenvalue weighted by molar-refractivity contribution is 5.83. The average molecular weight is 283 g/mol. The number of unbranched alkanes of at least 4 members (excludes halogenated alkanes) is 1. The lowest BCUT2D eigenvalue weighted by atomic mass is 10.1. The number of aliphatic carboxylic acids is 1. The zero-order chi connectivity index (χ0) is 15.4. The zero-order valence-electron chi connectivity index (χ0n) is 11.4. The Labute approximate surface area is 118 Å². The third kappa shape index (κ3) is 9.91. The molecule has 0 bridgehead atoms. The Kier molecular flexibility index (Phi) is 9.70. The van der Waals surface area contributed by atoms with Crippen molar-refractivity contribution < 1.29 is 19.5 Å². The molecule has 0 saturated carbocycles. The summed E-state index contributed by atoms with van der Waals surface area (Å²) >= 11 is 0. The smallest absolute Gasteiger partial charge is 0.320 e. The predicted octanol–water partition coefficient (Wildman–Crippen LogP) is -0.786. The summed E-state index contributed by atoms with van der Waals surface area (Å²) in [5.74, 6) is 0.768. The first-order valence-electron chi connectivity index (χ1n) is 6.42. The average Bonchev–Trinajstić information content (AvgIpc) is 2.41. The van der Waals surface area contributed by atoms with E-state index in [1.807, 2.05) is 0 Å². The lowest BCUT2D eigenvalue weighted by Gasteiger charge is -2.07. The van der Waals surface area contributed by atoms with Gasteiger partial charge in [0.05, 0.1) is 6.54 Å². The molecule has 7 heteroatoms. The molecule has 0 heterocycles. The van der Waals surface area contributed by atoms with E-state index in [1.165, 1.54) is 0 Å². The third-order valence-corrected chi connectivity index (χ3v) is 2.55. The summed E-state index contributed by atoms with van der Waals surface area (Å²) in [6.07, 6.45) is 6.82. The van der Waals surface area contributed by atoms with E-state index in [-0.39, 0.29) is 31.2 Å². The van der Waals surface area contributed by atoms with E-state index in [0.717, 1.165) is 0 Å². The van der Waals surface area contributed by atoms with Crippen LogP contribution in [0.4, 0.5) is 0 Å². The van der Waals surface area contributed by atoms with Crippen molar-refractivity contribution in [3.05, 3.63) is 0 Å². The van der Waals surface area contributed by atoms with Crippen LogP contribution in [0.2, 0.25) is 0 Å². The van der Waals surface area contributed by atoms with Gasteiger partial charge in [-0.3, -0.25) is 14.4 Å². The molecular weight excluding hydrogens is 262 g/mol. The highest BCUT2D eigenvalue weighted by Gasteiger charge is 2.10. The van der Waals surface area contributed by atoms with Crippen molar-refractivity contribution in [2.45, 2.75) is 38.1 Å². The van der Waals surface area contributed by atoms with Crippen molar-refractivity contribution in [3.63, 3.8) is 0 Å². The van der Waals surface area contributed by atoms with Gasteiger partial charge < -0.3 is 21.5 Å². The second kappa shape index (κ2) is 10.8. The Bertz CT molecular complexity index is 376. The quantitative estimate of drug-likeness (QED) is 0.309. The summed E-state index contributed by atoms with van der Waals surface area (Å²) in [5, 5.41) is 13.7. The van der Waals surface area contributed by atoms with Crippen LogP contribution >= 0.6 is 0 Å². The molecule has 112 valence electrons. The van der Waals surface area contributed by atoms with E-state index in [2.05, 4.69) is 16.6 Å². The first-order valence-corrected chi connectivity index (χ1v) is 6.42. The molecule has 0 aliphatic heterocycles. The van der Waals surface area contributed by atoms with E-state index in [4.69, 9.17) is 17.3 Å². The normalized spacial score (nSPS) is 11.2. The second-order valence-electron chi connectivity index (χ2n) is 4.27. The molecule has 0 aromatic rings. The van der Waals surface area contributed by atoms with E-state index in [0.29, 0.717) is 25.8 Å².